The van der Waals surface area contributed by atoms with Gasteiger partial charge in [0.05, 0.1) is 16.8 Å². The third kappa shape index (κ3) is 4.69. The van der Waals surface area contributed by atoms with Crippen LogP contribution in [0.5, 0.6) is 0 Å². The number of halogens is 1. The molecule has 0 radical (unpaired) electrons. The number of para-hydroxylation sites is 1. The summed E-state index contributed by atoms with van der Waals surface area (Å²) in [7, 11) is 0. The van der Waals surface area contributed by atoms with Crippen LogP contribution in [0.1, 0.15) is 29.3 Å². The molecule has 1 amide bonds. The van der Waals surface area contributed by atoms with Gasteiger partial charge < -0.3 is 5.32 Å². The highest BCUT2D eigenvalue weighted by Gasteiger charge is 2.16. The molecule has 150 valence electrons. The molecule has 4 heteroatoms. The number of aromatic nitrogens is 1. The van der Waals surface area contributed by atoms with Crippen LogP contribution in [-0.4, -0.2) is 16.9 Å². The van der Waals surface area contributed by atoms with E-state index < -0.39 is 0 Å². The van der Waals surface area contributed by atoms with Gasteiger partial charge >= 0.3 is 0 Å². The Morgan fingerprint density at radius 1 is 0.967 bits per heavy atom. The molecule has 0 aliphatic heterocycles. The van der Waals surface area contributed by atoms with E-state index >= 15 is 0 Å². The highest BCUT2D eigenvalue weighted by atomic mass is 35.5. The molecule has 0 spiro atoms. The summed E-state index contributed by atoms with van der Waals surface area (Å²) in [6, 6.07) is 27.5. The minimum Gasteiger partial charge on any atom is -0.350 e. The van der Waals surface area contributed by atoms with Crippen LogP contribution in [0.3, 0.4) is 0 Å². The zero-order chi connectivity index (χ0) is 20.9. The highest BCUT2D eigenvalue weighted by molar-refractivity contribution is 6.30. The number of benzene rings is 3. The van der Waals surface area contributed by atoms with E-state index in [4.69, 9.17) is 16.6 Å². The van der Waals surface area contributed by atoms with E-state index in [1.54, 1.807) is 0 Å². The highest BCUT2D eigenvalue weighted by Crippen LogP contribution is 2.26. The van der Waals surface area contributed by atoms with Gasteiger partial charge in [0, 0.05) is 22.0 Å². The minimum atomic E-state index is -0.0793. The van der Waals surface area contributed by atoms with Crippen LogP contribution in [-0.2, 0) is 6.42 Å². The lowest BCUT2D eigenvalue weighted by atomic mass is 10.0. The predicted molar refractivity (Wildman–Crippen MR) is 124 cm³/mol. The normalized spacial score (nSPS) is 11.9. The molecule has 4 rings (SSSR count). The summed E-state index contributed by atoms with van der Waals surface area (Å²) in [6.07, 6.45) is 1.80. The number of fused-ring (bicyclic) bond motifs is 1. The number of carbonyl (C=O) groups excluding carboxylic acids is 1. The van der Waals surface area contributed by atoms with Gasteiger partial charge in [-0.3, -0.25) is 4.79 Å². The van der Waals surface area contributed by atoms with Crippen LogP contribution in [0, 0.1) is 0 Å². The Bertz CT molecular complexity index is 1160. The SMILES string of the molecule is C[C@H](CCc1ccccc1)NC(=O)c1cc(-c2ccc(Cl)cc2)nc2ccccc12. The van der Waals surface area contributed by atoms with Gasteiger partial charge in [-0.15, -0.1) is 0 Å². The third-order valence-electron chi connectivity index (χ3n) is 5.19. The second-order valence-electron chi connectivity index (χ2n) is 7.48. The smallest absolute Gasteiger partial charge is 0.252 e. The second kappa shape index (κ2) is 9.10. The van der Waals surface area contributed by atoms with Crippen LogP contribution in [0.4, 0.5) is 0 Å². The fourth-order valence-electron chi connectivity index (χ4n) is 3.53. The number of rotatable bonds is 6. The molecule has 1 heterocycles. The first kappa shape index (κ1) is 20.1. The molecule has 0 bridgehead atoms. The average molecular weight is 415 g/mol. The summed E-state index contributed by atoms with van der Waals surface area (Å²) in [5, 5.41) is 4.68. The molecule has 1 N–H and O–H groups in total. The van der Waals surface area contributed by atoms with E-state index in [0.717, 1.165) is 35.0 Å². The van der Waals surface area contributed by atoms with Gasteiger partial charge in [-0.1, -0.05) is 72.3 Å². The summed E-state index contributed by atoms with van der Waals surface area (Å²) in [4.78, 5) is 17.9. The van der Waals surface area contributed by atoms with Crippen molar-refractivity contribution in [2.75, 3.05) is 0 Å². The summed E-state index contributed by atoms with van der Waals surface area (Å²) in [6.45, 7) is 2.05. The molecule has 0 saturated heterocycles. The molecule has 0 aliphatic rings. The van der Waals surface area contributed by atoms with Crippen LogP contribution in [0.25, 0.3) is 22.2 Å². The second-order valence-corrected chi connectivity index (χ2v) is 7.91. The maximum atomic E-state index is 13.2. The van der Waals surface area contributed by atoms with E-state index in [-0.39, 0.29) is 11.9 Å². The Balaban J connectivity index is 1.58. The molecule has 4 aromatic rings. The maximum absolute atomic E-state index is 13.2. The first-order chi connectivity index (χ1) is 14.6. The minimum absolute atomic E-state index is 0.0589. The lowest BCUT2D eigenvalue weighted by molar-refractivity contribution is 0.0940. The lowest BCUT2D eigenvalue weighted by Crippen LogP contribution is -2.33. The molecule has 0 saturated carbocycles. The maximum Gasteiger partial charge on any atom is 0.252 e. The van der Waals surface area contributed by atoms with Gasteiger partial charge in [0.2, 0.25) is 0 Å². The first-order valence-electron chi connectivity index (χ1n) is 10.1. The number of hydrogen-bond donors (Lipinski definition) is 1. The Hall–Kier alpha value is -3.17. The Morgan fingerprint density at radius 3 is 2.43 bits per heavy atom. The van der Waals surface area contributed by atoms with Gasteiger partial charge in [0.15, 0.2) is 0 Å². The quantitative estimate of drug-likeness (QED) is 0.402. The Labute approximate surface area is 181 Å². The summed E-state index contributed by atoms with van der Waals surface area (Å²) in [5.41, 5.74) is 4.39. The van der Waals surface area contributed by atoms with E-state index in [1.165, 1.54) is 5.56 Å². The van der Waals surface area contributed by atoms with Gasteiger partial charge in [-0.2, -0.15) is 0 Å². The molecule has 1 aromatic heterocycles. The summed E-state index contributed by atoms with van der Waals surface area (Å²) in [5.74, 6) is -0.0793. The number of nitrogens with zero attached hydrogens (tertiary/aromatic N) is 1. The third-order valence-corrected chi connectivity index (χ3v) is 5.44. The number of carbonyl (C=O) groups is 1. The van der Waals surface area contributed by atoms with Crippen molar-refractivity contribution >= 4 is 28.4 Å². The fraction of sp³-hybridized carbons (Fsp3) is 0.154. The van der Waals surface area contributed by atoms with E-state index in [9.17, 15) is 4.79 Å². The van der Waals surface area contributed by atoms with Crippen molar-refractivity contribution in [2.45, 2.75) is 25.8 Å². The van der Waals surface area contributed by atoms with Crippen LogP contribution in [0.15, 0.2) is 84.9 Å². The van der Waals surface area contributed by atoms with E-state index in [1.807, 2.05) is 79.7 Å². The molecule has 0 aliphatic carbocycles. The van der Waals surface area contributed by atoms with Gasteiger partial charge in [-0.25, -0.2) is 4.98 Å². The van der Waals surface area contributed by atoms with Crippen molar-refractivity contribution in [3.63, 3.8) is 0 Å². The van der Waals surface area contributed by atoms with Crippen molar-refractivity contribution in [2.24, 2.45) is 0 Å². The zero-order valence-electron chi connectivity index (χ0n) is 16.8. The van der Waals surface area contributed by atoms with Gasteiger partial charge in [0.25, 0.3) is 5.91 Å². The number of pyridine rings is 1. The molecule has 3 nitrogen and oxygen atoms in total. The number of amides is 1. The molecule has 3 aromatic carbocycles. The Morgan fingerprint density at radius 2 is 1.67 bits per heavy atom. The molecule has 1 atom stereocenters. The number of hydrogen-bond acceptors (Lipinski definition) is 2. The van der Waals surface area contributed by atoms with Crippen LogP contribution in [0.2, 0.25) is 5.02 Å². The molecule has 0 fully saturated rings. The Kier molecular flexibility index (Phi) is 6.10. The predicted octanol–water partition coefficient (Wildman–Crippen LogP) is 6.31. The molecule has 0 unspecified atom stereocenters. The van der Waals surface area contributed by atoms with Crippen molar-refractivity contribution < 1.29 is 4.79 Å². The lowest BCUT2D eigenvalue weighted by Gasteiger charge is -2.16. The van der Waals surface area contributed by atoms with Gasteiger partial charge in [0.1, 0.15) is 0 Å². The van der Waals surface area contributed by atoms with E-state index in [2.05, 4.69) is 17.4 Å². The van der Waals surface area contributed by atoms with E-state index in [0.29, 0.717) is 10.6 Å². The number of nitrogens with one attached hydrogen (secondary N) is 1. The van der Waals surface area contributed by atoms with Crippen LogP contribution < -0.4 is 5.32 Å². The topological polar surface area (TPSA) is 42.0 Å². The fourth-order valence-corrected chi connectivity index (χ4v) is 3.66. The molecular formula is C26H23ClN2O. The first-order valence-corrected chi connectivity index (χ1v) is 10.5. The van der Waals surface area contributed by atoms with Crippen LogP contribution >= 0.6 is 11.6 Å². The average Bonchev–Trinajstić information content (AvgIpc) is 2.78. The van der Waals surface area contributed by atoms with Crippen molar-refractivity contribution in [1.29, 1.82) is 0 Å². The van der Waals surface area contributed by atoms with Crippen molar-refractivity contribution in [3.8, 4) is 11.3 Å². The summed E-state index contributed by atoms with van der Waals surface area (Å²) >= 11 is 6.02. The zero-order valence-corrected chi connectivity index (χ0v) is 17.6. The van der Waals surface area contributed by atoms with Gasteiger partial charge in [-0.05, 0) is 49.6 Å². The standard InChI is InChI=1S/C26H23ClN2O/c1-18(11-12-19-7-3-2-4-8-19)28-26(30)23-17-25(20-13-15-21(27)16-14-20)29-24-10-6-5-9-22(23)24/h2-10,13-18H,11-12H2,1H3,(H,28,30)/t18-/m1/s1. The van der Waals surface area contributed by atoms with Crippen molar-refractivity contribution in [1.82, 2.24) is 10.3 Å². The van der Waals surface area contributed by atoms with Crippen molar-refractivity contribution in [3.05, 3.63) is 101 Å². The monoisotopic (exact) mass is 414 g/mol. The molecule has 30 heavy (non-hydrogen) atoms. The number of aryl methyl sites for hydroxylation is 1. The largest absolute Gasteiger partial charge is 0.350 e. The molecular weight excluding hydrogens is 392 g/mol. The summed E-state index contributed by atoms with van der Waals surface area (Å²) < 4.78 is 0.